The van der Waals surface area contributed by atoms with Crippen molar-refractivity contribution in [2.45, 2.75) is 84.0 Å². The first-order valence-corrected chi connectivity index (χ1v) is 8.78. The Morgan fingerprint density at radius 3 is 1.96 bits per heavy atom. The quantitative estimate of drug-likeness (QED) is 0.259. The summed E-state index contributed by atoms with van der Waals surface area (Å²) in [6, 6.07) is 0. The molecule has 0 aliphatic heterocycles. The van der Waals surface area contributed by atoms with Crippen LogP contribution in [0.1, 0.15) is 84.0 Å². The van der Waals surface area contributed by atoms with Crippen molar-refractivity contribution in [3.05, 3.63) is 12.2 Å². The maximum absolute atomic E-state index is 11.2. The predicted molar refractivity (Wildman–Crippen MR) is 88.2 cm³/mol. The Morgan fingerprint density at radius 1 is 0.870 bits per heavy atom. The van der Waals surface area contributed by atoms with E-state index >= 15 is 0 Å². The van der Waals surface area contributed by atoms with Gasteiger partial charge in [0.1, 0.15) is 0 Å². The van der Waals surface area contributed by atoms with Crippen LogP contribution in [0, 0.1) is 0 Å². The van der Waals surface area contributed by atoms with Gasteiger partial charge in [-0.2, -0.15) is 0 Å². The molecule has 4 nitrogen and oxygen atoms in total. The molecule has 0 spiro atoms. The number of unbranched alkanes of at least 4 members (excludes halogenated alkanes) is 9. The van der Waals surface area contributed by atoms with Crippen molar-refractivity contribution >= 4 is 11.9 Å². The number of carbonyl (C=O) groups excluding carboxylic acids is 2. The molecule has 1 amide bonds. The van der Waals surface area contributed by atoms with Crippen LogP contribution in [-0.2, 0) is 9.59 Å². The summed E-state index contributed by atoms with van der Waals surface area (Å²) in [4.78, 5) is 21.4. The minimum atomic E-state index is -1.24. The third-order valence-electron chi connectivity index (χ3n) is 3.60. The molecular formula is C18H32KNO3. The van der Waals surface area contributed by atoms with Crippen molar-refractivity contribution in [2.75, 3.05) is 6.54 Å². The number of amides is 1. The summed E-state index contributed by atoms with van der Waals surface area (Å²) < 4.78 is 0. The van der Waals surface area contributed by atoms with Gasteiger partial charge in [0.05, 0.1) is 12.5 Å². The number of allylic oxidation sites excluding steroid dienone is 2. The zero-order valence-electron chi connectivity index (χ0n) is 15.1. The number of nitrogens with one attached hydrogen (secondary N) is 1. The summed E-state index contributed by atoms with van der Waals surface area (Å²) in [5.41, 5.74) is 0. The van der Waals surface area contributed by atoms with E-state index in [1.165, 1.54) is 44.9 Å². The van der Waals surface area contributed by atoms with Gasteiger partial charge in [0.25, 0.3) is 0 Å². The maximum Gasteiger partial charge on any atom is 1.00 e. The minimum absolute atomic E-state index is 0. The first-order valence-electron chi connectivity index (χ1n) is 8.78. The molecule has 0 rings (SSSR count). The van der Waals surface area contributed by atoms with Crippen molar-refractivity contribution in [1.82, 2.24) is 5.32 Å². The SMILES string of the molecule is CCCCCC/C=C\CCCCCCCC(=O)NCC(=O)[O-].[K+]. The van der Waals surface area contributed by atoms with Crippen molar-refractivity contribution in [3.8, 4) is 0 Å². The van der Waals surface area contributed by atoms with Gasteiger partial charge >= 0.3 is 51.4 Å². The van der Waals surface area contributed by atoms with Crippen LogP contribution < -0.4 is 61.8 Å². The van der Waals surface area contributed by atoms with Crippen LogP contribution in [0.4, 0.5) is 0 Å². The van der Waals surface area contributed by atoms with Gasteiger partial charge in [0.2, 0.25) is 5.91 Å². The van der Waals surface area contributed by atoms with Crippen LogP contribution in [0.25, 0.3) is 0 Å². The average molecular weight is 350 g/mol. The third kappa shape index (κ3) is 22.3. The molecule has 23 heavy (non-hydrogen) atoms. The van der Waals surface area contributed by atoms with Gasteiger partial charge in [0, 0.05) is 6.42 Å². The number of hydrogen-bond acceptors (Lipinski definition) is 3. The molecule has 0 bridgehead atoms. The molecule has 5 heteroatoms. The monoisotopic (exact) mass is 349 g/mol. The van der Waals surface area contributed by atoms with Gasteiger partial charge in [0.15, 0.2) is 0 Å². The molecule has 1 N–H and O–H groups in total. The van der Waals surface area contributed by atoms with Gasteiger partial charge in [-0.3, -0.25) is 4.79 Å². The van der Waals surface area contributed by atoms with E-state index in [0.29, 0.717) is 6.42 Å². The fraction of sp³-hybridized carbons (Fsp3) is 0.778. The number of rotatable bonds is 15. The number of carboxylic acid groups (broad SMARTS) is 1. The third-order valence-corrected chi connectivity index (χ3v) is 3.60. The van der Waals surface area contributed by atoms with E-state index in [-0.39, 0.29) is 63.8 Å². The molecule has 0 aliphatic carbocycles. The van der Waals surface area contributed by atoms with Crippen LogP contribution in [-0.4, -0.2) is 18.4 Å². The summed E-state index contributed by atoms with van der Waals surface area (Å²) in [5, 5.41) is 12.5. The molecule has 0 aromatic rings. The molecule has 0 aromatic carbocycles. The normalized spacial score (nSPS) is 10.5. The summed E-state index contributed by atoms with van der Waals surface area (Å²) in [7, 11) is 0. The van der Waals surface area contributed by atoms with Gasteiger partial charge in [-0.1, -0.05) is 57.6 Å². The van der Waals surface area contributed by atoms with Gasteiger partial charge in [-0.05, 0) is 32.1 Å². The molecule has 128 valence electrons. The molecule has 0 atom stereocenters. The van der Waals surface area contributed by atoms with Gasteiger partial charge in [-0.25, -0.2) is 0 Å². The van der Waals surface area contributed by atoms with Crippen molar-refractivity contribution in [1.29, 1.82) is 0 Å². The van der Waals surface area contributed by atoms with E-state index in [2.05, 4.69) is 24.4 Å². The van der Waals surface area contributed by atoms with E-state index < -0.39 is 5.97 Å². The Labute approximate surface area is 184 Å². The molecule has 0 heterocycles. The van der Waals surface area contributed by atoms with Crippen LogP contribution >= 0.6 is 0 Å². The number of hydrogen-bond donors (Lipinski definition) is 1. The molecule has 0 saturated carbocycles. The molecule has 0 fully saturated rings. The van der Waals surface area contributed by atoms with Crippen molar-refractivity contribution in [2.24, 2.45) is 0 Å². The van der Waals surface area contributed by atoms with Crippen molar-refractivity contribution < 1.29 is 66.1 Å². The standard InChI is InChI=1S/C18H33NO3.K/c1-2-3-4-5-6-7-8-9-10-11-12-13-14-15-17(20)19-16-18(21)22;/h7-8H,2-6,9-16H2,1H3,(H,19,20)(H,21,22);/q;+1/p-1/b8-7-;. The second kappa shape index (κ2) is 20.4. The molecule has 0 aromatic heterocycles. The molecule has 0 unspecified atom stereocenters. The second-order valence-electron chi connectivity index (χ2n) is 5.78. The Bertz CT molecular complexity index is 319. The largest absolute Gasteiger partial charge is 1.00 e. The van der Waals surface area contributed by atoms with E-state index in [4.69, 9.17) is 0 Å². The van der Waals surface area contributed by atoms with Crippen LogP contribution in [0.3, 0.4) is 0 Å². The molecular weight excluding hydrogens is 317 g/mol. The predicted octanol–water partition coefficient (Wildman–Crippen LogP) is 0.114. The van der Waals surface area contributed by atoms with Gasteiger partial charge in [-0.15, -0.1) is 0 Å². The fourth-order valence-corrected chi connectivity index (χ4v) is 2.26. The Hall–Kier alpha value is 0.316. The fourth-order valence-electron chi connectivity index (χ4n) is 2.26. The first kappa shape index (κ1) is 25.6. The molecule has 0 saturated heterocycles. The van der Waals surface area contributed by atoms with Crippen molar-refractivity contribution in [3.63, 3.8) is 0 Å². The molecule has 0 radical (unpaired) electrons. The zero-order chi connectivity index (χ0) is 16.5. The van der Waals surface area contributed by atoms with E-state index in [1.54, 1.807) is 0 Å². The van der Waals surface area contributed by atoms with Crippen LogP contribution in [0.15, 0.2) is 12.2 Å². The van der Waals surface area contributed by atoms with E-state index in [1.807, 2.05) is 0 Å². The smallest absolute Gasteiger partial charge is 0.548 e. The maximum atomic E-state index is 11.2. The molecule has 0 aliphatic rings. The Morgan fingerprint density at radius 2 is 1.39 bits per heavy atom. The summed E-state index contributed by atoms with van der Waals surface area (Å²) >= 11 is 0. The average Bonchev–Trinajstić information content (AvgIpc) is 2.49. The number of carbonyl (C=O) groups is 2. The van der Waals surface area contributed by atoms with Crippen LogP contribution in [0.5, 0.6) is 0 Å². The number of carboxylic acids is 1. The summed E-state index contributed by atoms with van der Waals surface area (Å²) in [6.45, 7) is 1.85. The minimum Gasteiger partial charge on any atom is -0.548 e. The summed E-state index contributed by atoms with van der Waals surface area (Å²) in [5.74, 6) is -1.44. The number of aliphatic carboxylic acids is 1. The zero-order valence-corrected chi connectivity index (χ0v) is 18.2. The summed E-state index contributed by atoms with van der Waals surface area (Å²) in [6.07, 6.45) is 18.1. The Kier molecular flexibility index (Phi) is 22.6. The topological polar surface area (TPSA) is 69.2 Å². The first-order chi connectivity index (χ1) is 10.7. The Balaban J connectivity index is 0. The van der Waals surface area contributed by atoms with Crippen LogP contribution in [0.2, 0.25) is 0 Å². The van der Waals surface area contributed by atoms with E-state index in [0.717, 1.165) is 25.7 Å². The van der Waals surface area contributed by atoms with Gasteiger partial charge < -0.3 is 15.2 Å². The van der Waals surface area contributed by atoms with E-state index in [9.17, 15) is 14.7 Å². The second-order valence-corrected chi connectivity index (χ2v) is 5.78.